The minimum Gasteiger partial charge on any atom is -0.480 e. The molecule has 1 amide bonds. The van der Waals surface area contributed by atoms with Crippen LogP contribution in [0.15, 0.2) is 0 Å². The molecule has 0 aromatic rings. The lowest BCUT2D eigenvalue weighted by atomic mass is 9.56. The molecule has 4 bridgehead atoms. The number of likely N-dealkylation sites (tertiary alicyclic amines) is 1. The Kier molecular flexibility index (Phi) is 3.67. The number of carbonyl (C=O) groups is 2. The lowest BCUT2D eigenvalue weighted by molar-refractivity contribution is -0.147. The molecule has 4 aliphatic carbocycles. The maximum Gasteiger partial charge on any atom is 0.326 e. The molecule has 0 radical (unpaired) electrons. The second kappa shape index (κ2) is 5.43. The normalized spacial score (nSPS) is 42.8. The molecular formula is C17H25NO3S. The number of carboxylic acid groups (broad SMARTS) is 1. The minimum absolute atomic E-state index is 0.0469. The third-order valence-electron chi connectivity index (χ3n) is 6.34. The van der Waals surface area contributed by atoms with Crippen LogP contribution in [0.1, 0.15) is 51.4 Å². The highest BCUT2D eigenvalue weighted by atomic mass is 32.2. The molecule has 1 aliphatic heterocycles. The number of nitrogens with zero attached hydrogens (tertiary/aromatic N) is 1. The van der Waals surface area contributed by atoms with Gasteiger partial charge >= 0.3 is 5.97 Å². The van der Waals surface area contributed by atoms with Crippen LogP contribution in [0.4, 0.5) is 0 Å². The zero-order valence-corrected chi connectivity index (χ0v) is 13.8. The van der Waals surface area contributed by atoms with Crippen LogP contribution < -0.4 is 0 Å². The van der Waals surface area contributed by atoms with Crippen molar-refractivity contribution in [1.29, 1.82) is 0 Å². The largest absolute Gasteiger partial charge is 0.480 e. The summed E-state index contributed by atoms with van der Waals surface area (Å²) in [6.45, 7) is 0.622. The van der Waals surface area contributed by atoms with Gasteiger partial charge in [0.05, 0.1) is 5.75 Å². The highest BCUT2D eigenvalue weighted by Crippen LogP contribution is 2.60. The molecular weight excluding hydrogens is 298 g/mol. The molecule has 1 saturated heterocycles. The number of rotatable bonds is 4. The summed E-state index contributed by atoms with van der Waals surface area (Å²) in [5.74, 6) is 2.37. The molecule has 5 aliphatic rings. The smallest absolute Gasteiger partial charge is 0.326 e. The van der Waals surface area contributed by atoms with Crippen molar-refractivity contribution in [2.75, 3.05) is 12.3 Å². The van der Waals surface area contributed by atoms with Gasteiger partial charge in [-0.25, -0.2) is 4.79 Å². The van der Waals surface area contributed by atoms with Crippen LogP contribution in [-0.2, 0) is 9.59 Å². The maximum atomic E-state index is 12.5. The Morgan fingerprint density at radius 2 is 1.68 bits per heavy atom. The molecule has 0 aromatic carbocycles. The summed E-state index contributed by atoms with van der Waals surface area (Å²) in [6, 6.07) is -0.579. The van der Waals surface area contributed by atoms with Crippen molar-refractivity contribution < 1.29 is 14.7 Å². The van der Waals surface area contributed by atoms with E-state index < -0.39 is 12.0 Å². The average Bonchev–Trinajstić information content (AvgIpc) is 2.93. The average molecular weight is 323 g/mol. The van der Waals surface area contributed by atoms with Crippen LogP contribution in [0.25, 0.3) is 0 Å². The Bertz CT molecular complexity index is 457. The number of aliphatic carboxylic acids is 1. The number of amides is 1. The Balaban J connectivity index is 1.38. The van der Waals surface area contributed by atoms with Crippen LogP contribution in [0.2, 0.25) is 0 Å². The standard InChI is InChI=1S/C17H25NO3S/c19-15(18-3-1-2-14(18)16(20)21)10-22-17-7-11-4-12(8-17)6-13(5-11)9-17/h11-14H,1-10H2,(H,20,21)/t11?,12?,13?,14-,17?/m1/s1. The summed E-state index contributed by atoms with van der Waals surface area (Å²) in [5.41, 5.74) is 0. The van der Waals surface area contributed by atoms with Crippen molar-refractivity contribution in [3.8, 4) is 0 Å². The first kappa shape index (κ1) is 14.9. The van der Waals surface area contributed by atoms with Crippen molar-refractivity contribution in [1.82, 2.24) is 4.90 Å². The number of carbonyl (C=O) groups excluding carboxylic acids is 1. The summed E-state index contributed by atoms with van der Waals surface area (Å²) in [5, 5.41) is 9.23. The summed E-state index contributed by atoms with van der Waals surface area (Å²) in [7, 11) is 0. The lowest BCUT2D eigenvalue weighted by Gasteiger charge is -2.56. The summed E-state index contributed by atoms with van der Waals surface area (Å²) in [6.07, 6.45) is 9.56. The number of carboxylic acids is 1. The molecule has 1 heterocycles. The molecule has 4 nitrogen and oxygen atoms in total. The second-order valence-electron chi connectivity index (χ2n) is 7.97. The molecule has 0 unspecified atom stereocenters. The van der Waals surface area contributed by atoms with Gasteiger partial charge in [0.15, 0.2) is 0 Å². The van der Waals surface area contributed by atoms with E-state index in [0.717, 1.165) is 24.2 Å². The number of hydrogen-bond donors (Lipinski definition) is 1. The topological polar surface area (TPSA) is 57.6 Å². The van der Waals surface area contributed by atoms with Gasteiger partial charge in [0, 0.05) is 11.3 Å². The van der Waals surface area contributed by atoms with Crippen LogP contribution in [0.3, 0.4) is 0 Å². The van der Waals surface area contributed by atoms with E-state index in [-0.39, 0.29) is 5.91 Å². The molecule has 5 rings (SSSR count). The maximum absolute atomic E-state index is 12.5. The Morgan fingerprint density at radius 1 is 1.09 bits per heavy atom. The van der Waals surface area contributed by atoms with Gasteiger partial charge in [-0.3, -0.25) is 4.79 Å². The third kappa shape index (κ3) is 2.55. The molecule has 1 atom stereocenters. The van der Waals surface area contributed by atoms with Crippen molar-refractivity contribution in [3.63, 3.8) is 0 Å². The van der Waals surface area contributed by atoms with Gasteiger partial charge < -0.3 is 10.0 Å². The van der Waals surface area contributed by atoms with Crippen LogP contribution in [0, 0.1) is 17.8 Å². The Morgan fingerprint density at radius 3 is 2.23 bits per heavy atom. The molecule has 0 spiro atoms. The quantitative estimate of drug-likeness (QED) is 0.864. The van der Waals surface area contributed by atoms with Gasteiger partial charge in [-0.05, 0) is 69.1 Å². The fourth-order valence-corrected chi connectivity index (χ4v) is 7.48. The summed E-state index contributed by atoms with van der Waals surface area (Å²) >= 11 is 1.86. The van der Waals surface area contributed by atoms with Crippen molar-refractivity contribution in [2.45, 2.75) is 62.2 Å². The molecule has 5 fully saturated rings. The molecule has 4 saturated carbocycles. The van der Waals surface area contributed by atoms with E-state index in [4.69, 9.17) is 0 Å². The van der Waals surface area contributed by atoms with Gasteiger partial charge in [-0.1, -0.05) is 0 Å². The van der Waals surface area contributed by atoms with Gasteiger partial charge in [-0.15, -0.1) is 11.8 Å². The Hall–Kier alpha value is -0.710. The first-order chi connectivity index (χ1) is 10.5. The van der Waals surface area contributed by atoms with Gasteiger partial charge in [0.1, 0.15) is 6.04 Å². The van der Waals surface area contributed by atoms with Crippen LogP contribution >= 0.6 is 11.8 Å². The predicted molar refractivity (Wildman–Crippen MR) is 85.7 cm³/mol. The van der Waals surface area contributed by atoms with Crippen LogP contribution in [-0.4, -0.2) is 45.0 Å². The number of hydrogen-bond acceptors (Lipinski definition) is 3. The zero-order chi connectivity index (χ0) is 15.3. The van der Waals surface area contributed by atoms with E-state index in [1.807, 2.05) is 11.8 Å². The first-order valence-corrected chi connectivity index (χ1v) is 9.69. The summed E-state index contributed by atoms with van der Waals surface area (Å²) in [4.78, 5) is 25.3. The van der Waals surface area contributed by atoms with Gasteiger partial charge in [-0.2, -0.15) is 0 Å². The van der Waals surface area contributed by atoms with Crippen molar-refractivity contribution in [3.05, 3.63) is 0 Å². The van der Waals surface area contributed by atoms with Gasteiger partial charge in [0.2, 0.25) is 5.91 Å². The molecule has 122 valence electrons. The SMILES string of the molecule is O=C(O)[C@H]1CCCN1C(=O)CSC12CC3CC(CC(C3)C1)C2. The number of thioether (sulfide) groups is 1. The lowest BCUT2D eigenvalue weighted by Crippen LogP contribution is -2.49. The fourth-order valence-electron chi connectivity index (χ4n) is 5.83. The minimum atomic E-state index is -0.842. The molecule has 1 N–H and O–H groups in total. The monoisotopic (exact) mass is 323 g/mol. The van der Waals surface area contributed by atoms with Crippen LogP contribution in [0.5, 0.6) is 0 Å². The third-order valence-corrected chi connectivity index (χ3v) is 7.85. The molecule has 5 heteroatoms. The van der Waals surface area contributed by atoms with E-state index in [9.17, 15) is 14.7 Å². The highest BCUT2D eigenvalue weighted by molar-refractivity contribution is 8.01. The van der Waals surface area contributed by atoms with Crippen molar-refractivity contribution >= 4 is 23.6 Å². The Labute approximate surface area is 136 Å². The second-order valence-corrected chi connectivity index (χ2v) is 9.42. The summed E-state index contributed by atoms with van der Waals surface area (Å²) < 4.78 is 0.336. The highest BCUT2D eigenvalue weighted by Gasteiger charge is 2.51. The van der Waals surface area contributed by atoms with E-state index in [0.29, 0.717) is 23.5 Å². The molecule has 0 aromatic heterocycles. The van der Waals surface area contributed by atoms with E-state index in [2.05, 4.69) is 0 Å². The van der Waals surface area contributed by atoms with E-state index >= 15 is 0 Å². The van der Waals surface area contributed by atoms with E-state index in [1.165, 1.54) is 38.5 Å². The first-order valence-electron chi connectivity index (χ1n) is 8.71. The van der Waals surface area contributed by atoms with Gasteiger partial charge in [0.25, 0.3) is 0 Å². The van der Waals surface area contributed by atoms with Crippen molar-refractivity contribution in [2.24, 2.45) is 17.8 Å². The predicted octanol–water partition coefficient (Wildman–Crippen LogP) is 2.76. The molecule has 22 heavy (non-hydrogen) atoms. The zero-order valence-electron chi connectivity index (χ0n) is 13.0. The fraction of sp³-hybridized carbons (Fsp3) is 0.882. The van der Waals surface area contributed by atoms with E-state index in [1.54, 1.807) is 4.90 Å².